The molecule has 0 atom stereocenters. The monoisotopic (exact) mass is 282 g/mol. The van der Waals surface area contributed by atoms with Gasteiger partial charge in [-0.25, -0.2) is 9.97 Å². The zero-order valence-corrected chi connectivity index (χ0v) is 12.1. The Morgan fingerprint density at radius 1 is 1.22 bits per heavy atom. The van der Waals surface area contributed by atoms with Gasteiger partial charge in [0.1, 0.15) is 15.8 Å². The molecule has 3 rings (SSSR count). The fourth-order valence-electron chi connectivity index (χ4n) is 2.35. The number of ether oxygens (including phenoxy) is 1. The predicted molar refractivity (Wildman–Crippen MR) is 74.7 cm³/mol. The predicted octanol–water partition coefficient (Wildman–Crippen LogP) is 3.86. The summed E-state index contributed by atoms with van der Waals surface area (Å²) in [6, 6.07) is 0. The summed E-state index contributed by atoms with van der Waals surface area (Å²) in [5.41, 5.74) is 1.21. The summed E-state index contributed by atoms with van der Waals surface area (Å²) in [7, 11) is 0. The van der Waals surface area contributed by atoms with Crippen LogP contribution in [0.1, 0.15) is 35.0 Å². The molecule has 1 aliphatic heterocycles. The van der Waals surface area contributed by atoms with Gasteiger partial charge in [0.2, 0.25) is 0 Å². The first-order chi connectivity index (χ1) is 8.66. The number of halogens is 1. The Bertz CT molecular complexity index is 590. The first-order valence-corrected chi connectivity index (χ1v) is 7.37. The average molecular weight is 283 g/mol. The maximum atomic E-state index is 6.32. The number of aryl methyl sites for hydroxylation is 2. The normalized spacial score (nSPS) is 17.5. The molecule has 1 fully saturated rings. The molecule has 3 heterocycles. The van der Waals surface area contributed by atoms with Crippen molar-refractivity contribution in [2.75, 3.05) is 13.2 Å². The van der Waals surface area contributed by atoms with Crippen molar-refractivity contribution in [3.8, 4) is 0 Å². The van der Waals surface area contributed by atoms with Gasteiger partial charge in [-0.2, -0.15) is 0 Å². The van der Waals surface area contributed by atoms with Gasteiger partial charge in [0.05, 0.1) is 5.39 Å². The summed E-state index contributed by atoms with van der Waals surface area (Å²) >= 11 is 8.03. The summed E-state index contributed by atoms with van der Waals surface area (Å²) < 4.78 is 5.38. The molecule has 2 aromatic rings. The summed E-state index contributed by atoms with van der Waals surface area (Å²) in [5.74, 6) is 1.28. The van der Waals surface area contributed by atoms with Crippen LogP contribution in [0.2, 0.25) is 5.15 Å². The van der Waals surface area contributed by atoms with Crippen molar-refractivity contribution in [2.45, 2.75) is 32.6 Å². The van der Waals surface area contributed by atoms with Crippen LogP contribution in [0, 0.1) is 13.8 Å². The molecule has 2 aromatic heterocycles. The van der Waals surface area contributed by atoms with Crippen LogP contribution in [0.25, 0.3) is 10.2 Å². The van der Waals surface area contributed by atoms with E-state index in [1.807, 2.05) is 0 Å². The summed E-state index contributed by atoms with van der Waals surface area (Å²) in [5, 5.41) is 1.62. The van der Waals surface area contributed by atoms with E-state index in [0.717, 1.165) is 42.1 Å². The van der Waals surface area contributed by atoms with Crippen LogP contribution >= 0.6 is 22.9 Å². The van der Waals surface area contributed by atoms with Gasteiger partial charge in [-0.05, 0) is 32.3 Å². The number of rotatable bonds is 1. The average Bonchev–Trinajstić information content (AvgIpc) is 2.66. The van der Waals surface area contributed by atoms with E-state index in [4.69, 9.17) is 21.3 Å². The minimum absolute atomic E-state index is 0.392. The number of hydrogen-bond acceptors (Lipinski definition) is 4. The van der Waals surface area contributed by atoms with Crippen molar-refractivity contribution < 1.29 is 4.74 Å². The maximum absolute atomic E-state index is 6.32. The molecule has 5 heteroatoms. The van der Waals surface area contributed by atoms with Crippen LogP contribution in [0.5, 0.6) is 0 Å². The second-order valence-electron chi connectivity index (χ2n) is 4.72. The molecule has 18 heavy (non-hydrogen) atoms. The highest BCUT2D eigenvalue weighted by Crippen LogP contribution is 2.35. The van der Waals surface area contributed by atoms with Crippen LogP contribution in [0.3, 0.4) is 0 Å². The van der Waals surface area contributed by atoms with E-state index in [1.54, 1.807) is 11.3 Å². The molecular weight excluding hydrogens is 268 g/mol. The lowest BCUT2D eigenvalue weighted by molar-refractivity contribution is 0.0836. The van der Waals surface area contributed by atoms with E-state index in [1.165, 1.54) is 10.4 Å². The molecule has 0 unspecified atom stereocenters. The van der Waals surface area contributed by atoms with Crippen LogP contribution in [0.15, 0.2) is 0 Å². The summed E-state index contributed by atoms with van der Waals surface area (Å²) in [6.45, 7) is 5.78. The maximum Gasteiger partial charge on any atom is 0.141 e. The third-order valence-corrected chi connectivity index (χ3v) is 4.96. The largest absolute Gasteiger partial charge is 0.381 e. The van der Waals surface area contributed by atoms with Gasteiger partial charge < -0.3 is 4.74 Å². The van der Waals surface area contributed by atoms with Crippen LogP contribution in [-0.4, -0.2) is 23.2 Å². The Labute approximate surface area is 115 Å². The molecule has 0 bridgehead atoms. The highest BCUT2D eigenvalue weighted by molar-refractivity contribution is 7.18. The molecule has 3 nitrogen and oxygen atoms in total. The lowest BCUT2D eigenvalue weighted by Gasteiger charge is -2.20. The van der Waals surface area contributed by atoms with Gasteiger partial charge in [0, 0.05) is 24.0 Å². The van der Waals surface area contributed by atoms with Gasteiger partial charge >= 0.3 is 0 Å². The molecule has 0 radical (unpaired) electrons. The Morgan fingerprint density at radius 2 is 1.94 bits per heavy atom. The topological polar surface area (TPSA) is 35.0 Å². The molecule has 0 saturated carbocycles. The molecule has 0 N–H and O–H groups in total. The smallest absolute Gasteiger partial charge is 0.141 e. The molecule has 1 saturated heterocycles. The lowest BCUT2D eigenvalue weighted by Crippen LogP contribution is -2.16. The first-order valence-electron chi connectivity index (χ1n) is 6.17. The van der Waals surface area contributed by atoms with Gasteiger partial charge in [-0.1, -0.05) is 11.6 Å². The van der Waals surface area contributed by atoms with Gasteiger partial charge in [0.25, 0.3) is 0 Å². The van der Waals surface area contributed by atoms with Crippen molar-refractivity contribution in [3.63, 3.8) is 0 Å². The molecule has 96 valence electrons. The quantitative estimate of drug-likeness (QED) is 0.745. The molecule has 0 spiro atoms. The van der Waals surface area contributed by atoms with E-state index in [2.05, 4.69) is 18.8 Å². The van der Waals surface area contributed by atoms with Crippen LogP contribution < -0.4 is 0 Å². The van der Waals surface area contributed by atoms with Crippen molar-refractivity contribution in [3.05, 3.63) is 21.4 Å². The first kappa shape index (κ1) is 12.3. The van der Waals surface area contributed by atoms with Crippen molar-refractivity contribution in [1.82, 2.24) is 9.97 Å². The van der Waals surface area contributed by atoms with Crippen molar-refractivity contribution >= 4 is 33.2 Å². The van der Waals surface area contributed by atoms with E-state index in [-0.39, 0.29) is 0 Å². The Kier molecular flexibility index (Phi) is 3.26. The highest BCUT2D eigenvalue weighted by atomic mass is 35.5. The van der Waals surface area contributed by atoms with Crippen molar-refractivity contribution in [1.29, 1.82) is 0 Å². The minimum atomic E-state index is 0.392. The number of aromatic nitrogens is 2. The molecular formula is C13H15ClN2OS. The highest BCUT2D eigenvalue weighted by Gasteiger charge is 2.21. The number of nitrogens with zero attached hydrogens (tertiary/aromatic N) is 2. The molecule has 0 aliphatic carbocycles. The number of hydrogen-bond donors (Lipinski definition) is 0. The molecule has 0 aromatic carbocycles. The lowest BCUT2D eigenvalue weighted by atomic mass is 9.99. The fourth-order valence-corrected chi connectivity index (χ4v) is 3.76. The van der Waals surface area contributed by atoms with E-state index >= 15 is 0 Å². The number of thiophene rings is 1. The molecule has 0 amide bonds. The third-order valence-electron chi connectivity index (χ3n) is 3.59. The van der Waals surface area contributed by atoms with E-state index < -0.39 is 0 Å². The Balaban J connectivity index is 2.09. The van der Waals surface area contributed by atoms with Gasteiger partial charge in [0.15, 0.2) is 0 Å². The standard InChI is InChI=1S/C13H15ClN2OS/c1-7-8(2)18-13-10(7)11(14)15-12(16-13)9-3-5-17-6-4-9/h9H,3-6H2,1-2H3. The van der Waals surface area contributed by atoms with Crippen LogP contribution in [-0.2, 0) is 4.74 Å². The van der Waals surface area contributed by atoms with Gasteiger partial charge in [-0.3, -0.25) is 0 Å². The zero-order valence-electron chi connectivity index (χ0n) is 10.5. The third kappa shape index (κ3) is 2.02. The second kappa shape index (κ2) is 4.76. The molecule has 1 aliphatic rings. The fraction of sp³-hybridized carbons (Fsp3) is 0.538. The van der Waals surface area contributed by atoms with Crippen molar-refractivity contribution in [2.24, 2.45) is 0 Å². The van der Waals surface area contributed by atoms with Gasteiger partial charge in [-0.15, -0.1) is 11.3 Å². The Morgan fingerprint density at radius 3 is 2.67 bits per heavy atom. The van der Waals surface area contributed by atoms with Crippen LogP contribution in [0.4, 0.5) is 0 Å². The van der Waals surface area contributed by atoms with E-state index in [9.17, 15) is 0 Å². The van der Waals surface area contributed by atoms with E-state index in [0.29, 0.717) is 11.1 Å². The summed E-state index contributed by atoms with van der Waals surface area (Å²) in [4.78, 5) is 11.5. The Hall–Kier alpha value is -0.710. The minimum Gasteiger partial charge on any atom is -0.381 e. The number of fused-ring (bicyclic) bond motifs is 1. The summed E-state index contributed by atoms with van der Waals surface area (Å²) in [6.07, 6.45) is 1.98. The second-order valence-corrected chi connectivity index (χ2v) is 6.28. The SMILES string of the molecule is Cc1sc2nc(C3CCOCC3)nc(Cl)c2c1C. The zero-order chi connectivity index (χ0) is 12.7.